The summed E-state index contributed by atoms with van der Waals surface area (Å²) in [5, 5.41) is 5.20. The summed E-state index contributed by atoms with van der Waals surface area (Å²) in [7, 11) is 1.63. The molecule has 0 radical (unpaired) electrons. The van der Waals surface area contributed by atoms with Crippen LogP contribution in [0.5, 0.6) is 5.75 Å². The van der Waals surface area contributed by atoms with E-state index in [-0.39, 0.29) is 6.23 Å². The average molecular weight is 304 g/mol. The molecule has 1 aliphatic rings. The van der Waals surface area contributed by atoms with Crippen LogP contribution in [0.2, 0.25) is 0 Å². The molecule has 6 heteroatoms. The van der Waals surface area contributed by atoms with Gasteiger partial charge in [0.05, 0.1) is 12.1 Å². The molecular formula is C16H20N2O4. The van der Waals surface area contributed by atoms with Gasteiger partial charge < -0.3 is 14.2 Å². The molecule has 1 atom stereocenters. The molecular weight excluding hydrogens is 284 g/mol. The molecule has 118 valence electrons. The van der Waals surface area contributed by atoms with Crippen LogP contribution in [0.3, 0.4) is 0 Å². The van der Waals surface area contributed by atoms with Crippen molar-refractivity contribution in [2.45, 2.75) is 25.5 Å². The monoisotopic (exact) mass is 304 g/mol. The molecule has 2 aromatic rings. The first kappa shape index (κ1) is 15.0. The zero-order valence-electron chi connectivity index (χ0n) is 12.7. The van der Waals surface area contributed by atoms with Gasteiger partial charge in [0, 0.05) is 19.1 Å². The summed E-state index contributed by atoms with van der Waals surface area (Å²) in [4.78, 5) is 11.3. The lowest BCUT2D eigenvalue weighted by molar-refractivity contribution is -0.0367. The van der Waals surface area contributed by atoms with E-state index in [1.165, 1.54) is 0 Å². The van der Waals surface area contributed by atoms with Gasteiger partial charge in [-0.3, -0.25) is 4.79 Å². The summed E-state index contributed by atoms with van der Waals surface area (Å²) in [6.07, 6.45) is 3.79. The largest absolute Gasteiger partial charge is 0.491 e. The van der Waals surface area contributed by atoms with Crippen molar-refractivity contribution >= 4 is 17.2 Å². The molecule has 0 saturated carbocycles. The van der Waals surface area contributed by atoms with Crippen LogP contribution in [-0.2, 0) is 9.47 Å². The number of carbonyl (C=O) groups excluding carboxylic acids is 1. The van der Waals surface area contributed by atoms with Crippen LogP contribution < -0.4 is 4.74 Å². The maximum Gasteiger partial charge on any atom is 0.170 e. The van der Waals surface area contributed by atoms with Gasteiger partial charge in [-0.1, -0.05) is 0 Å². The van der Waals surface area contributed by atoms with Gasteiger partial charge in [0.2, 0.25) is 0 Å². The van der Waals surface area contributed by atoms with E-state index in [1.807, 2.05) is 22.9 Å². The van der Waals surface area contributed by atoms with Crippen LogP contribution >= 0.6 is 0 Å². The van der Waals surface area contributed by atoms with E-state index >= 15 is 0 Å². The van der Waals surface area contributed by atoms with Gasteiger partial charge in [-0.05, 0) is 37.5 Å². The Hall–Kier alpha value is -1.92. The number of nitrogens with zero attached hydrogens (tertiary/aromatic N) is 2. The molecule has 0 aliphatic carbocycles. The topological polar surface area (TPSA) is 62.6 Å². The van der Waals surface area contributed by atoms with E-state index in [0.717, 1.165) is 43.1 Å². The Kier molecular flexibility index (Phi) is 4.70. The summed E-state index contributed by atoms with van der Waals surface area (Å²) in [5.74, 6) is 0.705. The number of aromatic nitrogens is 2. The fraction of sp³-hybridized carbons (Fsp3) is 0.500. The van der Waals surface area contributed by atoms with Crippen LogP contribution in [0.15, 0.2) is 18.2 Å². The Bertz CT molecular complexity index is 647. The van der Waals surface area contributed by atoms with Crippen LogP contribution in [0.1, 0.15) is 36.0 Å². The lowest BCUT2D eigenvalue weighted by Crippen LogP contribution is -2.19. The standard InChI is InChI=1S/C16H20N2O4/c1-20-8-9-21-12-5-6-15-13(10-12)14(11-19)17-18(15)16-4-2-3-7-22-16/h5-6,10-11,16H,2-4,7-9H2,1H3/t16-/m1/s1. The predicted octanol–water partition coefficient (Wildman–Crippen LogP) is 2.57. The number of hydrogen-bond donors (Lipinski definition) is 0. The molecule has 0 unspecified atom stereocenters. The van der Waals surface area contributed by atoms with Gasteiger partial charge in [0.25, 0.3) is 0 Å². The van der Waals surface area contributed by atoms with Gasteiger partial charge in [0.15, 0.2) is 12.5 Å². The minimum Gasteiger partial charge on any atom is -0.491 e. The second-order valence-corrected chi connectivity index (χ2v) is 5.29. The van der Waals surface area contributed by atoms with E-state index in [9.17, 15) is 4.79 Å². The van der Waals surface area contributed by atoms with Crippen molar-refractivity contribution in [3.8, 4) is 5.75 Å². The predicted molar refractivity (Wildman–Crippen MR) is 81.3 cm³/mol. The normalized spacial score (nSPS) is 18.5. The first-order valence-electron chi connectivity index (χ1n) is 7.54. The molecule has 2 heterocycles. The SMILES string of the molecule is COCCOc1ccc2c(c1)c(C=O)nn2[C@H]1CCCCO1. The molecule has 6 nitrogen and oxygen atoms in total. The lowest BCUT2D eigenvalue weighted by Gasteiger charge is -2.23. The van der Waals surface area contributed by atoms with Gasteiger partial charge in [-0.2, -0.15) is 5.10 Å². The fourth-order valence-corrected chi connectivity index (χ4v) is 2.70. The molecule has 3 rings (SSSR count). The van der Waals surface area contributed by atoms with E-state index in [0.29, 0.717) is 24.7 Å². The van der Waals surface area contributed by atoms with Crippen molar-refractivity contribution in [2.75, 3.05) is 26.9 Å². The molecule has 0 spiro atoms. The Morgan fingerprint density at radius 1 is 1.41 bits per heavy atom. The summed E-state index contributed by atoms with van der Waals surface area (Å²) in [6, 6.07) is 5.66. The Morgan fingerprint density at radius 3 is 3.05 bits per heavy atom. The molecule has 1 aliphatic heterocycles. The van der Waals surface area contributed by atoms with Crippen molar-refractivity contribution in [3.63, 3.8) is 0 Å². The Morgan fingerprint density at radius 2 is 2.32 bits per heavy atom. The van der Waals surface area contributed by atoms with E-state index in [4.69, 9.17) is 14.2 Å². The van der Waals surface area contributed by atoms with Crippen molar-refractivity contribution in [1.82, 2.24) is 9.78 Å². The van der Waals surface area contributed by atoms with E-state index < -0.39 is 0 Å². The van der Waals surface area contributed by atoms with E-state index in [1.54, 1.807) is 7.11 Å². The van der Waals surface area contributed by atoms with Crippen LogP contribution in [-0.4, -0.2) is 43.0 Å². The quantitative estimate of drug-likeness (QED) is 0.606. The van der Waals surface area contributed by atoms with Gasteiger partial charge >= 0.3 is 0 Å². The maximum absolute atomic E-state index is 11.3. The number of rotatable bonds is 6. The molecule has 1 saturated heterocycles. The molecule has 22 heavy (non-hydrogen) atoms. The minimum absolute atomic E-state index is 0.0924. The third-order valence-electron chi connectivity index (χ3n) is 3.80. The number of ether oxygens (including phenoxy) is 3. The van der Waals surface area contributed by atoms with Crippen LogP contribution in [0.25, 0.3) is 10.9 Å². The number of aldehydes is 1. The maximum atomic E-state index is 11.3. The second kappa shape index (κ2) is 6.89. The first-order chi connectivity index (χ1) is 10.8. The fourth-order valence-electron chi connectivity index (χ4n) is 2.70. The molecule has 0 N–H and O–H groups in total. The van der Waals surface area contributed by atoms with Crippen molar-refractivity contribution in [2.24, 2.45) is 0 Å². The highest BCUT2D eigenvalue weighted by Crippen LogP contribution is 2.29. The number of methoxy groups -OCH3 is 1. The highest BCUT2D eigenvalue weighted by molar-refractivity contribution is 5.95. The molecule has 1 fully saturated rings. The highest BCUT2D eigenvalue weighted by Gasteiger charge is 2.21. The lowest BCUT2D eigenvalue weighted by atomic mass is 10.1. The van der Waals surface area contributed by atoms with Gasteiger partial charge in [-0.15, -0.1) is 0 Å². The van der Waals surface area contributed by atoms with E-state index in [2.05, 4.69) is 5.10 Å². The number of hydrogen-bond acceptors (Lipinski definition) is 5. The summed E-state index contributed by atoms with van der Waals surface area (Å²) < 4.78 is 18.2. The first-order valence-corrected chi connectivity index (χ1v) is 7.54. The smallest absolute Gasteiger partial charge is 0.170 e. The van der Waals surface area contributed by atoms with Gasteiger partial charge in [0.1, 0.15) is 18.1 Å². The van der Waals surface area contributed by atoms with Crippen molar-refractivity contribution in [3.05, 3.63) is 23.9 Å². The van der Waals surface area contributed by atoms with Crippen LogP contribution in [0.4, 0.5) is 0 Å². The summed E-state index contributed by atoms with van der Waals surface area (Å²) in [5.41, 5.74) is 1.31. The number of fused-ring (bicyclic) bond motifs is 1. The zero-order chi connectivity index (χ0) is 15.4. The summed E-state index contributed by atoms with van der Waals surface area (Å²) >= 11 is 0. The molecule has 0 amide bonds. The minimum atomic E-state index is -0.0924. The van der Waals surface area contributed by atoms with Crippen LogP contribution in [0, 0.1) is 0 Å². The zero-order valence-corrected chi connectivity index (χ0v) is 12.7. The molecule has 0 bridgehead atoms. The van der Waals surface area contributed by atoms with Gasteiger partial charge in [-0.25, -0.2) is 4.68 Å². The van der Waals surface area contributed by atoms with Crippen molar-refractivity contribution in [1.29, 1.82) is 0 Å². The molecule has 1 aromatic heterocycles. The highest BCUT2D eigenvalue weighted by atomic mass is 16.5. The molecule has 1 aromatic carbocycles. The summed E-state index contributed by atoms with van der Waals surface area (Å²) in [6.45, 7) is 1.73. The van der Waals surface area contributed by atoms with Crippen molar-refractivity contribution < 1.29 is 19.0 Å². The second-order valence-electron chi connectivity index (χ2n) is 5.29. The third-order valence-corrected chi connectivity index (χ3v) is 3.80. The number of benzene rings is 1. The Balaban J connectivity index is 1.92. The average Bonchev–Trinajstić information content (AvgIpc) is 2.94. The number of carbonyl (C=O) groups is 1. The Labute approximate surface area is 129 Å². The third kappa shape index (κ3) is 2.98.